The third-order valence-electron chi connectivity index (χ3n) is 4.08. The standard InChI is InChI=1S/C23H33NO11/c1-6-11-31-20(27)33-17-10-9-16(13-18(17)34-21(28)32-12-7-2)14-23(19(25)26,24-15(4)5)35-22(29)30-8-3/h9-10,13,15,24H,6-8,11-12,14H2,1-5H3,(H,25,26)/t23-/m0/s1. The van der Waals surface area contributed by atoms with Gasteiger partial charge in [0.15, 0.2) is 11.5 Å². The van der Waals surface area contributed by atoms with Gasteiger partial charge in [0.25, 0.3) is 5.72 Å². The topological polar surface area (TPSA) is 156 Å². The average Bonchev–Trinajstić information content (AvgIpc) is 2.77. The molecule has 0 bridgehead atoms. The number of aliphatic carboxylic acids is 1. The lowest BCUT2D eigenvalue weighted by atomic mass is 10.0. The van der Waals surface area contributed by atoms with E-state index in [1.807, 2.05) is 0 Å². The molecule has 0 saturated heterocycles. The minimum atomic E-state index is -2.21. The van der Waals surface area contributed by atoms with Crippen molar-refractivity contribution in [2.75, 3.05) is 19.8 Å². The lowest BCUT2D eigenvalue weighted by Gasteiger charge is -2.31. The van der Waals surface area contributed by atoms with Crippen LogP contribution in [0.15, 0.2) is 18.2 Å². The number of hydrogen-bond donors (Lipinski definition) is 2. The van der Waals surface area contributed by atoms with Gasteiger partial charge >= 0.3 is 24.4 Å². The van der Waals surface area contributed by atoms with Crippen LogP contribution in [0.1, 0.15) is 53.0 Å². The summed E-state index contributed by atoms with van der Waals surface area (Å²) in [5, 5.41) is 12.7. The van der Waals surface area contributed by atoms with E-state index in [1.54, 1.807) is 34.6 Å². The van der Waals surface area contributed by atoms with Gasteiger partial charge in [0, 0.05) is 12.5 Å². The van der Waals surface area contributed by atoms with Crippen molar-refractivity contribution in [1.29, 1.82) is 0 Å². The van der Waals surface area contributed by atoms with Gasteiger partial charge in [-0.25, -0.2) is 19.2 Å². The molecule has 12 nitrogen and oxygen atoms in total. The van der Waals surface area contributed by atoms with Gasteiger partial charge in [-0.2, -0.15) is 0 Å². The normalized spacial score (nSPS) is 12.3. The SMILES string of the molecule is CCCOC(=O)Oc1ccc(C[C@](NC(C)C)(OC(=O)OCC)C(=O)O)cc1OC(=O)OCCC. The Morgan fingerprint density at radius 1 is 0.886 bits per heavy atom. The molecule has 0 aliphatic carbocycles. The van der Waals surface area contributed by atoms with Crippen LogP contribution in [0.5, 0.6) is 11.5 Å². The first kappa shape index (κ1) is 29.5. The number of benzene rings is 1. The average molecular weight is 500 g/mol. The molecule has 1 aromatic rings. The number of carbonyl (C=O) groups is 4. The molecule has 0 amide bonds. The van der Waals surface area contributed by atoms with E-state index in [0.29, 0.717) is 12.8 Å². The first-order valence-electron chi connectivity index (χ1n) is 11.3. The lowest BCUT2D eigenvalue weighted by Crippen LogP contribution is -2.59. The first-order valence-corrected chi connectivity index (χ1v) is 11.3. The molecule has 12 heteroatoms. The summed E-state index contributed by atoms with van der Waals surface area (Å²) in [6.45, 7) is 8.69. The maximum absolute atomic E-state index is 12.2. The molecule has 1 atom stereocenters. The second kappa shape index (κ2) is 14.7. The third kappa shape index (κ3) is 10.1. The van der Waals surface area contributed by atoms with Gasteiger partial charge in [-0.15, -0.1) is 0 Å². The predicted molar refractivity (Wildman–Crippen MR) is 121 cm³/mol. The molecule has 0 fully saturated rings. The van der Waals surface area contributed by atoms with Crippen LogP contribution < -0.4 is 14.8 Å². The number of carboxylic acid groups (broad SMARTS) is 1. The van der Waals surface area contributed by atoms with Crippen LogP contribution >= 0.6 is 0 Å². The van der Waals surface area contributed by atoms with E-state index in [1.165, 1.54) is 18.2 Å². The van der Waals surface area contributed by atoms with Gasteiger partial charge < -0.3 is 33.5 Å². The summed E-state index contributed by atoms with van der Waals surface area (Å²) >= 11 is 0. The van der Waals surface area contributed by atoms with Crippen LogP contribution in [-0.2, 0) is 30.2 Å². The number of hydrogen-bond acceptors (Lipinski definition) is 11. The van der Waals surface area contributed by atoms with E-state index in [0.717, 1.165) is 0 Å². The summed E-state index contributed by atoms with van der Waals surface area (Å²) in [5.41, 5.74) is -1.94. The molecular weight excluding hydrogens is 466 g/mol. The molecule has 0 radical (unpaired) electrons. The van der Waals surface area contributed by atoms with Crippen molar-refractivity contribution in [1.82, 2.24) is 5.32 Å². The van der Waals surface area contributed by atoms with E-state index in [9.17, 15) is 24.3 Å². The molecule has 1 aromatic carbocycles. The highest BCUT2D eigenvalue weighted by molar-refractivity contribution is 5.80. The molecular formula is C23H33NO11. The number of rotatable bonds is 13. The summed E-state index contributed by atoms with van der Waals surface area (Å²) in [6, 6.07) is 3.57. The van der Waals surface area contributed by atoms with Gasteiger partial charge in [0.05, 0.1) is 19.8 Å². The zero-order valence-corrected chi connectivity index (χ0v) is 20.6. The van der Waals surface area contributed by atoms with Gasteiger partial charge in [-0.1, -0.05) is 19.9 Å². The summed E-state index contributed by atoms with van der Waals surface area (Å²) in [7, 11) is 0. The van der Waals surface area contributed by atoms with Gasteiger partial charge in [-0.05, 0) is 51.3 Å². The molecule has 0 heterocycles. The fourth-order valence-electron chi connectivity index (χ4n) is 2.78. The van der Waals surface area contributed by atoms with E-state index in [4.69, 9.17) is 28.4 Å². The Balaban J connectivity index is 3.35. The summed E-state index contributed by atoms with van der Waals surface area (Å²) < 4.78 is 30.0. The predicted octanol–water partition coefficient (Wildman–Crippen LogP) is 4.03. The van der Waals surface area contributed by atoms with Crippen LogP contribution in [0.25, 0.3) is 0 Å². The second-order valence-corrected chi connectivity index (χ2v) is 7.58. The smallest absolute Gasteiger partial charge is 0.477 e. The molecule has 1 rings (SSSR count). The Bertz CT molecular complexity index is 871. The Kier molecular flexibility index (Phi) is 12.4. The van der Waals surface area contributed by atoms with Crippen molar-refractivity contribution in [3.63, 3.8) is 0 Å². The number of nitrogens with one attached hydrogen (secondary N) is 1. The number of carbonyl (C=O) groups excluding carboxylic acids is 3. The highest BCUT2D eigenvalue weighted by Crippen LogP contribution is 2.31. The van der Waals surface area contributed by atoms with Gasteiger partial charge in [-0.3, -0.25) is 5.32 Å². The molecule has 0 spiro atoms. The van der Waals surface area contributed by atoms with Crippen molar-refractivity contribution >= 4 is 24.4 Å². The van der Waals surface area contributed by atoms with Crippen molar-refractivity contribution in [3.8, 4) is 11.5 Å². The highest BCUT2D eigenvalue weighted by atomic mass is 16.8. The Morgan fingerprint density at radius 2 is 1.46 bits per heavy atom. The van der Waals surface area contributed by atoms with E-state index in [2.05, 4.69) is 5.32 Å². The monoisotopic (exact) mass is 499 g/mol. The molecule has 0 aromatic heterocycles. The zero-order chi connectivity index (χ0) is 26.4. The Morgan fingerprint density at radius 3 is 1.94 bits per heavy atom. The fraction of sp³-hybridized carbons (Fsp3) is 0.565. The molecule has 0 aliphatic rings. The van der Waals surface area contributed by atoms with Crippen molar-refractivity contribution < 1.29 is 52.7 Å². The minimum Gasteiger partial charge on any atom is -0.477 e. The van der Waals surface area contributed by atoms with Gasteiger partial charge in [0.2, 0.25) is 0 Å². The van der Waals surface area contributed by atoms with Crippen molar-refractivity contribution in [2.24, 2.45) is 0 Å². The third-order valence-corrected chi connectivity index (χ3v) is 4.08. The summed E-state index contributed by atoms with van der Waals surface area (Å²) in [4.78, 5) is 48.2. The van der Waals surface area contributed by atoms with Crippen LogP contribution in [0.3, 0.4) is 0 Å². The molecule has 0 unspecified atom stereocenters. The lowest BCUT2D eigenvalue weighted by molar-refractivity contribution is -0.166. The summed E-state index contributed by atoms with van der Waals surface area (Å²) in [6.07, 6.45) is -2.51. The fourth-order valence-corrected chi connectivity index (χ4v) is 2.78. The maximum Gasteiger partial charge on any atom is 0.513 e. The molecule has 35 heavy (non-hydrogen) atoms. The van der Waals surface area contributed by atoms with E-state index < -0.39 is 36.2 Å². The summed E-state index contributed by atoms with van der Waals surface area (Å²) in [5.74, 6) is -1.86. The van der Waals surface area contributed by atoms with E-state index in [-0.39, 0.29) is 43.3 Å². The quantitative estimate of drug-likeness (QED) is 0.174. The molecule has 2 N–H and O–H groups in total. The minimum absolute atomic E-state index is 0.0196. The van der Waals surface area contributed by atoms with Crippen LogP contribution in [0.2, 0.25) is 0 Å². The number of ether oxygens (including phenoxy) is 6. The number of carboxylic acids is 1. The Labute approximate surface area is 203 Å². The van der Waals surface area contributed by atoms with Crippen molar-refractivity contribution in [3.05, 3.63) is 23.8 Å². The molecule has 0 aliphatic heterocycles. The molecule has 0 saturated carbocycles. The van der Waals surface area contributed by atoms with Crippen LogP contribution in [0.4, 0.5) is 14.4 Å². The maximum atomic E-state index is 12.2. The van der Waals surface area contributed by atoms with Crippen LogP contribution in [-0.4, -0.2) is 61.1 Å². The van der Waals surface area contributed by atoms with Crippen molar-refractivity contribution in [2.45, 2.75) is 65.6 Å². The van der Waals surface area contributed by atoms with Crippen LogP contribution in [0, 0.1) is 0 Å². The molecule has 196 valence electrons. The second-order valence-electron chi connectivity index (χ2n) is 7.58. The van der Waals surface area contributed by atoms with E-state index >= 15 is 0 Å². The largest absolute Gasteiger partial charge is 0.513 e. The zero-order valence-electron chi connectivity index (χ0n) is 20.6. The Hall–Kier alpha value is -3.54. The first-order chi connectivity index (χ1) is 16.6. The highest BCUT2D eigenvalue weighted by Gasteiger charge is 2.44. The van der Waals surface area contributed by atoms with Gasteiger partial charge in [0.1, 0.15) is 0 Å².